The van der Waals surface area contributed by atoms with Crippen LogP contribution in [-0.4, -0.2) is 34.9 Å². The molecule has 0 radical (unpaired) electrons. The number of hydrogen-bond acceptors (Lipinski definition) is 3. The Balaban J connectivity index is 1.04. The highest BCUT2D eigenvalue weighted by Crippen LogP contribution is 2.47. The third kappa shape index (κ3) is 4.54. The second kappa shape index (κ2) is 9.11. The number of aromatic nitrogens is 2. The zero-order valence-electron chi connectivity index (χ0n) is 19.4. The van der Waals surface area contributed by atoms with Gasteiger partial charge < -0.3 is 15.5 Å². The summed E-state index contributed by atoms with van der Waals surface area (Å²) in [6.45, 7) is 1.97. The molecule has 1 aliphatic heterocycles. The molecule has 1 saturated heterocycles. The molecule has 182 valence electrons. The van der Waals surface area contributed by atoms with Crippen LogP contribution in [0.5, 0.6) is 0 Å². The molecule has 1 saturated carbocycles. The van der Waals surface area contributed by atoms with Crippen molar-refractivity contribution in [2.75, 3.05) is 23.3 Å². The first-order valence-electron chi connectivity index (χ1n) is 12.0. The van der Waals surface area contributed by atoms with E-state index in [1.54, 1.807) is 0 Å². The number of hydrogen-bond donors (Lipinski definition) is 2. The van der Waals surface area contributed by atoms with E-state index in [9.17, 15) is 13.6 Å². The van der Waals surface area contributed by atoms with E-state index in [1.165, 1.54) is 17.7 Å². The summed E-state index contributed by atoms with van der Waals surface area (Å²) in [5.74, 6) is -0.606. The summed E-state index contributed by atoms with van der Waals surface area (Å²) < 4.78 is 29.2. The molecule has 1 aromatic heterocycles. The van der Waals surface area contributed by atoms with Crippen LogP contribution in [0.25, 0.3) is 11.3 Å². The first-order chi connectivity index (χ1) is 17.5. The third-order valence-electron chi connectivity index (χ3n) is 6.99. The Kier molecular flexibility index (Phi) is 5.64. The standard InChI is InChI=1S/C28H25F2N5O/c29-20-9-10-26(24(30)14-20)34-16-22-23(17-34)27(22)32-28(36)31-21-8-4-7-19(13-21)25-11-12-35(33-25)15-18-5-2-1-3-6-18/h1-14,22-23,27H,15-17H2,(H2,31,32,36). The molecule has 2 atom stereocenters. The van der Waals surface area contributed by atoms with Crippen LogP contribution in [0.3, 0.4) is 0 Å². The molecule has 2 amide bonds. The van der Waals surface area contributed by atoms with E-state index in [1.807, 2.05) is 64.3 Å². The quantitative estimate of drug-likeness (QED) is 0.398. The molecule has 0 spiro atoms. The van der Waals surface area contributed by atoms with Gasteiger partial charge in [0.1, 0.15) is 11.6 Å². The third-order valence-corrected chi connectivity index (χ3v) is 6.99. The van der Waals surface area contributed by atoms with Gasteiger partial charge in [0.2, 0.25) is 0 Å². The van der Waals surface area contributed by atoms with Crippen molar-refractivity contribution in [2.45, 2.75) is 12.6 Å². The fraction of sp³-hybridized carbons (Fsp3) is 0.214. The van der Waals surface area contributed by atoms with Crippen LogP contribution in [0.2, 0.25) is 0 Å². The molecule has 4 aromatic rings. The highest BCUT2D eigenvalue weighted by Gasteiger charge is 2.56. The van der Waals surface area contributed by atoms with Crippen LogP contribution >= 0.6 is 0 Å². The van der Waals surface area contributed by atoms with Crippen molar-refractivity contribution >= 4 is 17.4 Å². The van der Waals surface area contributed by atoms with Crippen LogP contribution in [0.4, 0.5) is 25.0 Å². The van der Waals surface area contributed by atoms with Gasteiger partial charge in [0.05, 0.1) is 17.9 Å². The maximum absolute atomic E-state index is 14.1. The number of nitrogens with zero attached hydrogens (tertiary/aromatic N) is 3. The van der Waals surface area contributed by atoms with Gasteiger partial charge in [0.15, 0.2) is 0 Å². The summed E-state index contributed by atoms with van der Waals surface area (Å²) in [4.78, 5) is 14.6. The van der Waals surface area contributed by atoms with Crippen LogP contribution in [0, 0.1) is 23.5 Å². The Morgan fingerprint density at radius 2 is 1.75 bits per heavy atom. The number of carbonyl (C=O) groups excluding carboxylic acids is 1. The molecule has 0 bridgehead atoms. The summed E-state index contributed by atoms with van der Waals surface area (Å²) in [6, 6.07) is 23.2. The molecule has 8 heteroatoms. The summed E-state index contributed by atoms with van der Waals surface area (Å²) >= 11 is 0. The number of carbonyl (C=O) groups is 1. The second-order valence-electron chi connectivity index (χ2n) is 9.42. The highest BCUT2D eigenvalue weighted by molar-refractivity contribution is 5.90. The van der Waals surface area contributed by atoms with Crippen molar-refractivity contribution in [2.24, 2.45) is 11.8 Å². The molecule has 2 fully saturated rings. The van der Waals surface area contributed by atoms with Gasteiger partial charge in [-0.15, -0.1) is 0 Å². The molecular weight excluding hydrogens is 460 g/mol. The van der Waals surface area contributed by atoms with Crippen molar-refractivity contribution in [3.8, 4) is 11.3 Å². The Bertz CT molecular complexity index is 1390. The van der Waals surface area contributed by atoms with Crippen molar-refractivity contribution in [3.63, 3.8) is 0 Å². The summed E-state index contributed by atoms with van der Waals surface area (Å²) in [5.41, 5.74) is 4.02. The van der Waals surface area contributed by atoms with Gasteiger partial charge in [-0.1, -0.05) is 42.5 Å². The van der Waals surface area contributed by atoms with Crippen LogP contribution < -0.4 is 15.5 Å². The number of piperidine rings is 1. The molecular formula is C28H25F2N5O. The number of halogens is 2. The molecule has 2 N–H and O–H groups in total. The Morgan fingerprint density at radius 1 is 0.944 bits per heavy atom. The van der Waals surface area contributed by atoms with E-state index in [2.05, 4.69) is 27.9 Å². The fourth-order valence-corrected chi connectivity index (χ4v) is 5.12. The van der Waals surface area contributed by atoms with Gasteiger partial charge in [-0.05, 0) is 35.9 Å². The smallest absolute Gasteiger partial charge is 0.319 e. The number of nitrogens with one attached hydrogen (secondary N) is 2. The van der Waals surface area contributed by atoms with Gasteiger partial charge >= 0.3 is 6.03 Å². The monoisotopic (exact) mass is 485 g/mol. The largest absolute Gasteiger partial charge is 0.368 e. The molecule has 2 unspecified atom stereocenters. The van der Waals surface area contributed by atoms with Crippen molar-refractivity contribution in [3.05, 3.63) is 102 Å². The lowest BCUT2D eigenvalue weighted by atomic mass is 10.1. The normalized spacial score (nSPS) is 20.2. The van der Waals surface area contributed by atoms with E-state index in [4.69, 9.17) is 0 Å². The molecule has 3 aromatic carbocycles. The first kappa shape index (κ1) is 22.3. The lowest BCUT2D eigenvalue weighted by molar-refractivity contribution is 0.250. The summed E-state index contributed by atoms with van der Waals surface area (Å²) in [7, 11) is 0. The molecule has 2 heterocycles. The molecule has 2 aliphatic rings. The van der Waals surface area contributed by atoms with Crippen molar-refractivity contribution in [1.29, 1.82) is 0 Å². The average molecular weight is 486 g/mol. The number of fused-ring (bicyclic) bond motifs is 1. The SMILES string of the molecule is O=C(Nc1cccc(-c2ccn(Cc3ccccc3)n2)c1)NC1C2CN(c3ccc(F)cc3F)CC21. The lowest BCUT2D eigenvalue weighted by Gasteiger charge is -2.23. The van der Waals surface area contributed by atoms with Crippen molar-refractivity contribution < 1.29 is 13.6 Å². The van der Waals surface area contributed by atoms with E-state index in [0.29, 0.717) is 31.0 Å². The van der Waals surface area contributed by atoms with Crippen molar-refractivity contribution in [1.82, 2.24) is 15.1 Å². The van der Waals surface area contributed by atoms with Gasteiger partial charge in [0.25, 0.3) is 0 Å². The Morgan fingerprint density at radius 3 is 2.53 bits per heavy atom. The molecule has 36 heavy (non-hydrogen) atoms. The van der Waals surface area contributed by atoms with Crippen LogP contribution in [0.15, 0.2) is 85.1 Å². The molecule has 6 rings (SSSR count). The number of anilines is 2. The summed E-state index contributed by atoms with van der Waals surface area (Å²) in [6.07, 6.45) is 1.95. The minimum atomic E-state index is -0.582. The zero-order chi connectivity index (χ0) is 24.6. The number of benzene rings is 3. The maximum atomic E-state index is 14.1. The van der Waals surface area contributed by atoms with E-state index in [-0.39, 0.29) is 23.9 Å². The highest BCUT2D eigenvalue weighted by atomic mass is 19.1. The number of rotatable bonds is 6. The van der Waals surface area contributed by atoms with E-state index in [0.717, 1.165) is 17.3 Å². The predicted molar refractivity (Wildman–Crippen MR) is 135 cm³/mol. The average Bonchev–Trinajstić information content (AvgIpc) is 3.22. The Hall–Kier alpha value is -4.20. The van der Waals surface area contributed by atoms with E-state index < -0.39 is 11.6 Å². The van der Waals surface area contributed by atoms with Gasteiger partial charge in [-0.3, -0.25) is 4.68 Å². The maximum Gasteiger partial charge on any atom is 0.319 e. The minimum Gasteiger partial charge on any atom is -0.368 e. The van der Waals surface area contributed by atoms with Crippen LogP contribution in [-0.2, 0) is 6.54 Å². The fourth-order valence-electron chi connectivity index (χ4n) is 5.12. The Labute approximate surface area is 207 Å². The first-order valence-corrected chi connectivity index (χ1v) is 12.0. The predicted octanol–water partition coefficient (Wildman–Crippen LogP) is 5.13. The second-order valence-corrected chi connectivity index (χ2v) is 9.42. The lowest BCUT2D eigenvalue weighted by Crippen LogP contribution is -2.37. The van der Waals surface area contributed by atoms with Gasteiger partial charge in [-0.2, -0.15) is 5.10 Å². The van der Waals surface area contributed by atoms with E-state index >= 15 is 0 Å². The number of amides is 2. The zero-order valence-corrected chi connectivity index (χ0v) is 19.4. The molecule has 1 aliphatic carbocycles. The van der Waals surface area contributed by atoms with Gasteiger partial charge in [-0.25, -0.2) is 13.6 Å². The van der Waals surface area contributed by atoms with Crippen LogP contribution in [0.1, 0.15) is 5.56 Å². The van der Waals surface area contributed by atoms with Gasteiger partial charge in [0, 0.05) is 54.5 Å². The minimum absolute atomic E-state index is 0.0571. The number of urea groups is 1. The topological polar surface area (TPSA) is 62.2 Å². The summed E-state index contributed by atoms with van der Waals surface area (Å²) in [5, 5.41) is 10.6. The molecule has 6 nitrogen and oxygen atoms in total.